The Morgan fingerprint density at radius 1 is 0.784 bits per heavy atom. The summed E-state index contributed by atoms with van der Waals surface area (Å²) >= 11 is 0. The number of carbonyl (C=O) groups excluding carboxylic acids is 3. The summed E-state index contributed by atoms with van der Waals surface area (Å²) in [6.07, 6.45) is 1.48. The van der Waals surface area contributed by atoms with Crippen LogP contribution < -0.4 is 14.8 Å². The highest BCUT2D eigenvalue weighted by Gasteiger charge is 2.51. The molecule has 0 aromatic heterocycles. The molecular weight excluding hydrogens is 470 g/mol. The molecule has 3 amide bonds. The van der Waals surface area contributed by atoms with E-state index in [-0.39, 0.29) is 24.5 Å². The molecule has 1 heterocycles. The average molecular weight is 500 g/mol. The van der Waals surface area contributed by atoms with E-state index < -0.39 is 5.41 Å². The number of rotatable bonds is 6. The molecule has 190 valence electrons. The predicted octanol–water partition coefficient (Wildman–Crippen LogP) is 4.16. The maximum Gasteiger partial charge on any atom is 0.253 e. The quantitative estimate of drug-likeness (QED) is 0.550. The van der Waals surface area contributed by atoms with Gasteiger partial charge in [-0.15, -0.1) is 0 Å². The molecule has 3 aromatic carbocycles. The highest BCUT2D eigenvalue weighted by Crippen LogP contribution is 2.51. The van der Waals surface area contributed by atoms with Gasteiger partial charge in [0.05, 0.1) is 5.41 Å². The molecule has 0 bridgehead atoms. The maximum absolute atomic E-state index is 13.5. The fourth-order valence-corrected chi connectivity index (χ4v) is 4.56. The second-order valence-corrected chi connectivity index (χ2v) is 9.84. The van der Waals surface area contributed by atoms with Gasteiger partial charge in [0, 0.05) is 45.0 Å². The Labute approximate surface area is 215 Å². The van der Waals surface area contributed by atoms with Crippen molar-refractivity contribution >= 4 is 23.4 Å². The van der Waals surface area contributed by atoms with Gasteiger partial charge in [-0.1, -0.05) is 18.2 Å². The highest BCUT2D eigenvalue weighted by molar-refractivity contribution is 6.05. The molecule has 1 N–H and O–H groups in total. The number of amides is 3. The minimum atomic E-state index is -0.618. The molecule has 0 unspecified atom stereocenters. The van der Waals surface area contributed by atoms with Crippen LogP contribution in [0.4, 0.5) is 5.69 Å². The lowest BCUT2D eigenvalue weighted by atomic mass is 9.93. The van der Waals surface area contributed by atoms with Gasteiger partial charge in [0.15, 0.2) is 11.5 Å². The lowest BCUT2D eigenvalue weighted by Crippen LogP contribution is -2.28. The van der Waals surface area contributed by atoms with Crippen LogP contribution in [-0.2, 0) is 10.2 Å². The van der Waals surface area contributed by atoms with Gasteiger partial charge in [0.2, 0.25) is 12.7 Å². The molecule has 5 rings (SSSR count). The predicted molar refractivity (Wildman–Crippen MR) is 140 cm³/mol. The fourth-order valence-electron chi connectivity index (χ4n) is 4.56. The minimum Gasteiger partial charge on any atom is -0.454 e. The molecule has 0 spiro atoms. The first kappa shape index (κ1) is 24.4. The molecule has 0 atom stereocenters. The van der Waals surface area contributed by atoms with Crippen molar-refractivity contribution in [2.75, 3.05) is 40.3 Å². The van der Waals surface area contributed by atoms with Crippen LogP contribution in [-0.4, -0.2) is 62.5 Å². The Morgan fingerprint density at radius 2 is 1.46 bits per heavy atom. The number of ether oxygens (including phenoxy) is 2. The smallest absolute Gasteiger partial charge is 0.253 e. The van der Waals surface area contributed by atoms with Crippen molar-refractivity contribution in [1.29, 1.82) is 0 Å². The van der Waals surface area contributed by atoms with Crippen molar-refractivity contribution in [2.24, 2.45) is 0 Å². The molecule has 1 aliphatic carbocycles. The molecule has 1 fully saturated rings. The minimum absolute atomic E-state index is 0.101. The molecule has 8 nitrogen and oxygen atoms in total. The Morgan fingerprint density at radius 3 is 2.11 bits per heavy atom. The SMILES string of the molecule is CN(C)C(=O)c1ccc(-c2cc(NC(=O)C3(c4ccc5c(c4)OCO5)CC3)ccc2C(=O)N(C)C)cc1. The summed E-state index contributed by atoms with van der Waals surface area (Å²) in [4.78, 5) is 41.7. The molecule has 2 aliphatic rings. The fraction of sp³-hybridized carbons (Fsp3) is 0.276. The van der Waals surface area contributed by atoms with Gasteiger partial charge in [-0.25, -0.2) is 0 Å². The number of hydrogen-bond acceptors (Lipinski definition) is 5. The second-order valence-electron chi connectivity index (χ2n) is 9.84. The maximum atomic E-state index is 13.5. The van der Waals surface area contributed by atoms with Crippen molar-refractivity contribution in [1.82, 2.24) is 9.80 Å². The van der Waals surface area contributed by atoms with Crippen LogP contribution in [0.25, 0.3) is 11.1 Å². The first-order valence-corrected chi connectivity index (χ1v) is 12.1. The van der Waals surface area contributed by atoms with Crippen molar-refractivity contribution in [2.45, 2.75) is 18.3 Å². The van der Waals surface area contributed by atoms with E-state index in [1.165, 1.54) is 9.80 Å². The van der Waals surface area contributed by atoms with Crippen molar-refractivity contribution in [3.63, 3.8) is 0 Å². The second kappa shape index (κ2) is 9.28. The summed E-state index contributed by atoms with van der Waals surface area (Å²) in [6, 6.07) is 18.1. The molecule has 37 heavy (non-hydrogen) atoms. The normalized spacial score (nSPS) is 14.6. The average Bonchev–Trinajstić information content (AvgIpc) is 3.58. The van der Waals surface area contributed by atoms with E-state index in [0.717, 1.165) is 24.0 Å². The van der Waals surface area contributed by atoms with Gasteiger partial charge < -0.3 is 24.6 Å². The Kier molecular flexibility index (Phi) is 6.11. The highest BCUT2D eigenvalue weighted by atomic mass is 16.7. The summed E-state index contributed by atoms with van der Waals surface area (Å²) < 4.78 is 10.9. The molecule has 1 saturated carbocycles. The summed E-state index contributed by atoms with van der Waals surface area (Å²) in [5, 5.41) is 3.06. The standard InChI is InChI=1S/C29H29N3O5/c1-31(2)26(33)19-7-5-18(6-8-19)23-16-21(10-11-22(23)27(34)32(3)4)30-28(35)29(13-14-29)20-9-12-24-25(15-20)37-17-36-24/h5-12,15-16H,13-14,17H2,1-4H3,(H,30,35). The third-order valence-electron chi connectivity index (χ3n) is 6.87. The van der Waals surface area contributed by atoms with Crippen LogP contribution >= 0.6 is 0 Å². The van der Waals surface area contributed by atoms with Crippen LogP contribution in [0, 0.1) is 0 Å². The van der Waals surface area contributed by atoms with Gasteiger partial charge in [0.1, 0.15) is 0 Å². The van der Waals surface area contributed by atoms with Gasteiger partial charge >= 0.3 is 0 Å². The summed E-state index contributed by atoms with van der Waals surface area (Å²) in [7, 11) is 6.80. The van der Waals surface area contributed by atoms with Gasteiger partial charge in [-0.3, -0.25) is 14.4 Å². The molecule has 8 heteroatoms. The number of nitrogens with one attached hydrogen (secondary N) is 1. The number of carbonyl (C=O) groups is 3. The van der Waals surface area contributed by atoms with Crippen LogP contribution in [0.15, 0.2) is 60.7 Å². The zero-order valence-electron chi connectivity index (χ0n) is 21.3. The van der Waals surface area contributed by atoms with E-state index in [0.29, 0.717) is 33.9 Å². The lowest BCUT2D eigenvalue weighted by molar-refractivity contribution is -0.118. The summed E-state index contributed by atoms with van der Waals surface area (Å²) in [6.45, 7) is 0.184. The zero-order chi connectivity index (χ0) is 26.3. The van der Waals surface area contributed by atoms with Crippen molar-refractivity contribution < 1.29 is 23.9 Å². The first-order valence-electron chi connectivity index (χ1n) is 12.1. The molecule has 0 saturated heterocycles. The number of hydrogen-bond donors (Lipinski definition) is 1. The number of nitrogens with zero attached hydrogens (tertiary/aromatic N) is 2. The monoisotopic (exact) mass is 499 g/mol. The van der Waals surface area contributed by atoms with Gasteiger partial charge in [-0.05, 0) is 72.0 Å². The molecule has 0 radical (unpaired) electrons. The van der Waals surface area contributed by atoms with E-state index in [2.05, 4.69) is 5.32 Å². The van der Waals surface area contributed by atoms with Crippen LogP contribution in [0.5, 0.6) is 11.5 Å². The largest absolute Gasteiger partial charge is 0.454 e. The first-order chi connectivity index (χ1) is 17.7. The van der Waals surface area contributed by atoms with E-state index in [9.17, 15) is 14.4 Å². The zero-order valence-corrected chi connectivity index (χ0v) is 21.3. The Hall–Kier alpha value is -4.33. The summed E-state index contributed by atoms with van der Waals surface area (Å²) in [5.41, 5.74) is 3.38. The van der Waals surface area contributed by atoms with Gasteiger partial charge in [-0.2, -0.15) is 0 Å². The van der Waals surface area contributed by atoms with E-state index in [4.69, 9.17) is 9.47 Å². The van der Waals surface area contributed by atoms with E-state index in [1.54, 1.807) is 52.5 Å². The summed E-state index contributed by atoms with van der Waals surface area (Å²) in [5.74, 6) is 0.984. The third-order valence-corrected chi connectivity index (χ3v) is 6.87. The van der Waals surface area contributed by atoms with Gasteiger partial charge in [0.25, 0.3) is 11.8 Å². The third kappa shape index (κ3) is 4.50. The van der Waals surface area contributed by atoms with Crippen LogP contribution in [0.1, 0.15) is 39.1 Å². The lowest BCUT2D eigenvalue weighted by Gasteiger charge is -2.19. The molecule has 1 aliphatic heterocycles. The van der Waals surface area contributed by atoms with Crippen molar-refractivity contribution in [3.8, 4) is 22.6 Å². The van der Waals surface area contributed by atoms with Crippen LogP contribution in [0.2, 0.25) is 0 Å². The Balaban J connectivity index is 1.45. The van der Waals surface area contributed by atoms with E-state index in [1.807, 2.05) is 36.4 Å². The Bertz CT molecular complexity index is 1390. The van der Waals surface area contributed by atoms with Crippen LogP contribution in [0.3, 0.4) is 0 Å². The van der Waals surface area contributed by atoms with E-state index >= 15 is 0 Å². The number of fused-ring (bicyclic) bond motifs is 1. The number of benzene rings is 3. The topological polar surface area (TPSA) is 88.2 Å². The molecular formula is C29H29N3O5. The molecule has 3 aromatic rings. The number of anilines is 1. The van der Waals surface area contributed by atoms with Crippen molar-refractivity contribution in [3.05, 3.63) is 77.4 Å².